The first-order chi connectivity index (χ1) is 12.5. The van der Waals surface area contributed by atoms with Gasteiger partial charge in [0.15, 0.2) is 0 Å². The summed E-state index contributed by atoms with van der Waals surface area (Å²) in [6.07, 6.45) is 0. The van der Waals surface area contributed by atoms with Gasteiger partial charge in [-0.2, -0.15) is 0 Å². The van der Waals surface area contributed by atoms with Gasteiger partial charge < -0.3 is 19.9 Å². The van der Waals surface area contributed by atoms with Gasteiger partial charge in [-0.15, -0.1) is 0 Å². The fourth-order valence-corrected chi connectivity index (χ4v) is 2.65. The minimum absolute atomic E-state index is 0.0154. The van der Waals surface area contributed by atoms with E-state index < -0.39 is 10.9 Å². The first-order valence-corrected chi connectivity index (χ1v) is 8.38. The number of non-ortho nitro benzene ring substituents is 1. The van der Waals surface area contributed by atoms with Gasteiger partial charge >= 0.3 is 5.97 Å². The Morgan fingerprint density at radius 2 is 2.08 bits per heavy atom. The maximum absolute atomic E-state index is 12.5. The van der Waals surface area contributed by atoms with Gasteiger partial charge in [-0.1, -0.05) is 15.9 Å². The first kappa shape index (κ1) is 19.7. The van der Waals surface area contributed by atoms with Crippen LogP contribution in [0.3, 0.4) is 0 Å². The van der Waals surface area contributed by atoms with E-state index in [0.29, 0.717) is 17.0 Å². The molecule has 0 aliphatic heterocycles. The second-order valence-electron chi connectivity index (χ2n) is 5.17. The molecule has 9 heteroatoms. The average Bonchev–Trinajstić information content (AvgIpc) is 2.64. The molecule has 2 N–H and O–H groups in total. The van der Waals surface area contributed by atoms with E-state index in [9.17, 15) is 14.9 Å². The molecule has 2 aromatic rings. The van der Waals surface area contributed by atoms with Crippen LogP contribution in [0.2, 0.25) is 0 Å². The van der Waals surface area contributed by atoms with Crippen molar-refractivity contribution in [2.45, 2.75) is 6.61 Å². The number of aliphatic hydroxyl groups is 1. The third-order valence-corrected chi connectivity index (χ3v) is 3.96. The van der Waals surface area contributed by atoms with E-state index in [1.165, 1.54) is 19.2 Å². The lowest BCUT2D eigenvalue weighted by molar-refractivity contribution is -0.384. The van der Waals surface area contributed by atoms with Crippen LogP contribution < -0.4 is 10.1 Å². The summed E-state index contributed by atoms with van der Waals surface area (Å²) in [6, 6.07) is 9.10. The molecule has 26 heavy (non-hydrogen) atoms. The number of carbonyl (C=O) groups is 1. The first-order valence-electron chi connectivity index (χ1n) is 7.59. The Balaban J connectivity index is 2.23. The summed E-state index contributed by atoms with van der Waals surface area (Å²) in [5, 5.41) is 22.7. The standard InChI is InChI=1S/C17H17BrN2O6/c1-25-16-5-2-12(18)8-11(16)10-26-17(22)14-9-13(20(23)24)3-4-15(14)19-6-7-21/h2-5,8-9,19,21H,6-7,10H2,1H3. The number of carbonyl (C=O) groups excluding carboxylic acids is 1. The van der Waals surface area contributed by atoms with Crippen LogP contribution in [0.4, 0.5) is 11.4 Å². The van der Waals surface area contributed by atoms with Crippen LogP contribution in [-0.2, 0) is 11.3 Å². The molecule has 0 heterocycles. The molecule has 0 saturated heterocycles. The van der Waals surface area contributed by atoms with Crippen molar-refractivity contribution in [1.29, 1.82) is 0 Å². The van der Waals surface area contributed by atoms with Gasteiger partial charge in [0.05, 0.1) is 24.2 Å². The van der Waals surface area contributed by atoms with Crippen LogP contribution in [0.1, 0.15) is 15.9 Å². The van der Waals surface area contributed by atoms with Gasteiger partial charge in [0.2, 0.25) is 0 Å². The Morgan fingerprint density at radius 1 is 1.31 bits per heavy atom. The summed E-state index contributed by atoms with van der Waals surface area (Å²) in [6.45, 7) is -0.0260. The lowest BCUT2D eigenvalue weighted by Gasteiger charge is -2.13. The number of benzene rings is 2. The summed E-state index contributed by atoms with van der Waals surface area (Å²) in [5.74, 6) is -0.171. The molecule has 0 radical (unpaired) electrons. The van der Waals surface area contributed by atoms with Crippen molar-refractivity contribution >= 4 is 33.3 Å². The Morgan fingerprint density at radius 3 is 2.73 bits per heavy atom. The van der Waals surface area contributed by atoms with Crippen LogP contribution in [0.15, 0.2) is 40.9 Å². The lowest BCUT2D eigenvalue weighted by atomic mass is 10.1. The van der Waals surface area contributed by atoms with Crippen LogP contribution in [-0.4, -0.2) is 36.3 Å². The Bertz CT molecular complexity index is 812. The summed E-state index contributed by atoms with van der Waals surface area (Å²) in [5.41, 5.74) is 0.773. The third kappa shape index (κ3) is 4.93. The summed E-state index contributed by atoms with van der Waals surface area (Å²) < 4.78 is 11.3. The maximum atomic E-state index is 12.5. The third-order valence-electron chi connectivity index (χ3n) is 3.46. The number of esters is 1. The predicted molar refractivity (Wildman–Crippen MR) is 98.5 cm³/mol. The maximum Gasteiger partial charge on any atom is 0.340 e. The topological polar surface area (TPSA) is 111 Å². The molecule has 2 aromatic carbocycles. The molecule has 0 spiro atoms. The number of nitro groups is 1. The number of aliphatic hydroxyl groups excluding tert-OH is 1. The zero-order valence-electron chi connectivity index (χ0n) is 13.9. The average molecular weight is 425 g/mol. The van der Waals surface area contributed by atoms with Crippen molar-refractivity contribution < 1.29 is 24.3 Å². The Kier molecular flexibility index (Phi) is 6.93. The van der Waals surface area contributed by atoms with E-state index >= 15 is 0 Å². The number of nitro benzene ring substituents is 1. The molecular formula is C17H17BrN2O6. The van der Waals surface area contributed by atoms with Crippen molar-refractivity contribution in [1.82, 2.24) is 0 Å². The molecule has 0 unspecified atom stereocenters. The van der Waals surface area contributed by atoms with Crippen LogP contribution in [0.25, 0.3) is 0 Å². The molecule has 0 atom stereocenters. The van der Waals surface area contributed by atoms with E-state index in [1.807, 2.05) is 0 Å². The van der Waals surface area contributed by atoms with Gasteiger partial charge in [-0.25, -0.2) is 4.79 Å². The van der Waals surface area contributed by atoms with E-state index in [1.54, 1.807) is 18.2 Å². The zero-order valence-corrected chi connectivity index (χ0v) is 15.5. The SMILES string of the molecule is COc1ccc(Br)cc1COC(=O)c1cc([N+](=O)[O-])ccc1NCCO. The van der Waals surface area contributed by atoms with Crippen molar-refractivity contribution in [3.8, 4) is 5.75 Å². The molecule has 0 aliphatic rings. The second kappa shape index (κ2) is 9.16. The molecule has 2 rings (SSSR count). The number of hydrogen-bond donors (Lipinski definition) is 2. The number of nitrogens with one attached hydrogen (secondary N) is 1. The predicted octanol–water partition coefficient (Wildman–Crippen LogP) is 3.13. The highest BCUT2D eigenvalue weighted by molar-refractivity contribution is 9.10. The van der Waals surface area contributed by atoms with Crippen molar-refractivity contribution in [3.05, 3.63) is 62.1 Å². The quantitative estimate of drug-likeness (QED) is 0.380. The lowest BCUT2D eigenvalue weighted by Crippen LogP contribution is -2.13. The minimum Gasteiger partial charge on any atom is -0.496 e. The number of methoxy groups -OCH3 is 1. The van der Waals surface area contributed by atoms with Gasteiger partial charge in [-0.3, -0.25) is 10.1 Å². The highest BCUT2D eigenvalue weighted by Crippen LogP contribution is 2.26. The fraction of sp³-hybridized carbons (Fsp3) is 0.235. The molecule has 138 valence electrons. The van der Waals surface area contributed by atoms with E-state index in [4.69, 9.17) is 14.6 Å². The molecule has 0 saturated carbocycles. The molecule has 0 amide bonds. The van der Waals surface area contributed by atoms with Gasteiger partial charge in [0.1, 0.15) is 12.4 Å². The molecule has 0 bridgehead atoms. The summed E-state index contributed by atoms with van der Waals surface area (Å²) in [4.78, 5) is 22.8. The molecule has 0 fully saturated rings. The van der Waals surface area contributed by atoms with Crippen LogP contribution in [0.5, 0.6) is 5.75 Å². The Labute approximate surface area is 158 Å². The van der Waals surface area contributed by atoms with Crippen molar-refractivity contribution in [2.75, 3.05) is 25.6 Å². The highest BCUT2D eigenvalue weighted by Gasteiger charge is 2.18. The van der Waals surface area contributed by atoms with Gasteiger partial charge in [-0.05, 0) is 24.3 Å². The van der Waals surface area contributed by atoms with E-state index in [0.717, 1.165) is 10.5 Å². The largest absolute Gasteiger partial charge is 0.496 e. The van der Waals surface area contributed by atoms with Crippen LogP contribution in [0, 0.1) is 10.1 Å². The molecular weight excluding hydrogens is 408 g/mol. The molecule has 0 aliphatic carbocycles. The van der Waals surface area contributed by atoms with E-state index in [-0.39, 0.29) is 31.0 Å². The Hall–Kier alpha value is -2.65. The van der Waals surface area contributed by atoms with Gasteiger partial charge in [0.25, 0.3) is 5.69 Å². The number of ether oxygens (including phenoxy) is 2. The van der Waals surface area contributed by atoms with E-state index in [2.05, 4.69) is 21.2 Å². The molecule has 0 aromatic heterocycles. The van der Waals surface area contributed by atoms with Crippen LogP contribution >= 0.6 is 15.9 Å². The smallest absolute Gasteiger partial charge is 0.340 e. The van der Waals surface area contributed by atoms with Crippen molar-refractivity contribution in [2.24, 2.45) is 0 Å². The highest BCUT2D eigenvalue weighted by atomic mass is 79.9. The number of anilines is 1. The number of halogens is 1. The normalized spacial score (nSPS) is 10.3. The van der Waals surface area contributed by atoms with Crippen molar-refractivity contribution in [3.63, 3.8) is 0 Å². The summed E-state index contributed by atoms with van der Waals surface area (Å²) >= 11 is 3.34. The number of nitrogens with zero attached hydrogens (tertiary/aromatic N) is 1. The zero-order chi connectivity index (χ0) is 19.1. The molecule has 8 nitrogen and oxygen atoms in total. The summed E-state index contributed by atoms with van der Waals surface area (Å²) in [7, 11) is 1.51. The second-order valence-corrected chi connectivity index (χ2v) is 6.09. The number of hydrogen-bond acceptors (Lipinski definition) is 7. The monoisotopic (exact) mass is 424 g/mol. The number of rotatable bonds is 8. The van der Waals surface area contributed by atoms with Gasteiger partial charge in [0, 0.05) is 34.4 Å². The minimum atomic E-state index is -0.726. The fourth-order valence-electron chi connectivity index (χ4n) is 2.24.